The second-order valence-corrected chi connectivity index (χ2v) is 10.4. The van der Waals surface area contributed by atoms with Crippen molar-refractivity contribution >= 4 is 17.2 Å². The van der Waals surface area contributed by atoms with Crippen LogP contribution in [0, 0.1) is 6.92 Å². The van der Waals surface area contributed by atoms with Gasteiger partial charge in [-0.25, -0.2) is 9.97 Å². The van der Waals surface area contributed by atoms with Crippen LogP contribution in [0.5, 0.6) is 0 Å². The molecule has 0 radical (unpaired) electrons. The molecule has 3 aromatic heterocycles. The fourth-order valence-electron chi connectivity index (χ4n) is 3.98. The van der Waals surface area contributed by atoms with Gasteiger partial charge in [0.15, 0.2) is 0 Å². The lowest BCUT2D eigenvalue weighted by Crippen LogP contribution is -2.35. The number of amides is 1. The number of aryl methyl sites for hydroxylation is 1. The maximum Gasteiger partial charge on any atom is 0.251 e. The van der Waals surface area contributed by atoms with E-state index in [4.69, 9.17) is 14.6 Å². The Labute approximate surface area is 217 Å². The molecule has 0 aliphatic heterocycles. The summed E-state index contributed by atoms with van der Waals surface area (Å²) in [6, 6.07) is 15.4. The first kappa shape index (κ1) is 24.5. The highest BCUT2D eigenvalue weighted by Gasteiger charge is 2.28. The van der Waals surface area contributed by atoms with Crippen molar-refractivity contribution in [3.63, 3.8) is 0 Å². The molecule has 0 aliphatic rings. The first-order valence-corrected chi connectivity index (χ1v) is 12.6. The molecule has 0 spiro atoms. The van der Waals surface area contributed by atoms with E-state index in [-0.39, 0.29) is 5.91 Å². The molecule has 9 nitrogen and oxygen atoms in total. The van der Waals surface area contributed by atoms with Crippen LogP contribution in [0.25, 0.3) is 11.5 Å². The number of aromatic nitrogens is 4. The maximum atomic E-state index is 13.0. The molecule has 0 bridgehead atoms. The zero-order valence-electron chi connectivity index (χ0n) is 20.5. The van der Waals surface area contributed by atoms with E-state index < -0.39 is 5.54 Å². The Balaban J connectivity index is 1.36. The van der Waals surface area contributed by atoms with Crippen molar-refractivity contribution in [1.82, 2.24) is 25.5 Å². The molecular formula is C27H26N6O3S. The van der Waals surface area contributed by atoms with E-state index >= 15 is 0 Å². The number of benzene rings is 2. The van der Waals surface area contributed by atoms with E-state index in [0.717, 1.165) is 21.0 Å². The topological polar surface area (TPSA) is 133 Å². The number of oxazole rings is 1. The van der Waals surface area contributed by atoms with E-state index in [2.05, 4.69) is 25.5 Å². The quantitative estimate of drug-likeness (QED) is 0.295. The first-order valence-electron chi connectivity index (χ1n) is 11.7. The van der Waals surface area contributed by atoms with Gasteiger partial charge in [-0.15, -0.1) is 21.5 Å². The van der Waals surface area contributed by atoms with Crippen LogP contribution < -0.4 is 11.1 Å². The summed E-state index contributed by atoms with van der Waals surface area (Å²) in [7, 11) is 0. The number of carbonyl (C=O) groups is 1. The third-order valence-electron chi connectivity index (χ3n) is 5.73. The fraction of sp³-hybridized carbons (Fsp3) is 0.222. The van der Waals surface area contributed by atoms with E-state index in [0.29, 0.717) is 48.2 Å². The van der Waals surface area contributed by atoms with Gasteiger partial charge in [0.1, 0.15) is 11.3 Å². The number of carbonyl (C=O) groups excluding carboxylic acids is 1. The summed E-state index contributed by atoms with van der Waals surface area (Å²) >= 11 is 1.55. The van der Waals surface area contributed by atoms with E-state index in [1.165, 1.54) is 6.26 Å². The summed E-state index contributed by atoms with van der Waals surface area (Å²) in [6.45, 7) is 4.19. The van der Waals surface area contributed by atoms with Gasteiger partial charge < -0.3 is 19.9 Å². The highest BCUT2D eigenvalue weighted by molar-refractivity contribution is 7.11. The number of hydrogen-bond acceptors (Lipinski definition) is 9. The van der Waals surface area contributed by atoms with Crippen LogP contribution in [0.15, 0.2) is 76.0 Å². The number of nitrogens with one attached hydrogen (secondary N) is 1. The van der Waals surface area contributed by atoms with Crippen LogP contribution in [0.1, 0.15) is 50.1 Å². The number of nitrogens with two attached hydrogens (primary N) is 1. The van der Waals surface area contributed by atoms with Crippen LogP contribution >= 0.6 is 11.3 Å². The van der Waals surface area contributed by atoms with Gasteiger partial charge in [-0.2, -0.15) is 0 Å². The van der Waals surface area contributed by atoms with Crippen LogP contribution in [0.3, 0.4) is 0 Å². The second kappa shape index (κ2) is 10.5. The smallest absolute Gasteiger partial charge is 0.251 e. The molecule has 3 heterocycles. The van der Waals surface area contributed by atoms with Crippen molar-refractivity contribution in [3.8, 4) is 11.5 Å². The minimum Gasteiger partial charge on any atom is -0.445 e. The molecule has 188 valence electrons. The van der Waals surface area contributed by atoms with Crippen LogP contribution in [-0.4, -0.2) is 26.1 Å². The average molecular weight is 515 g/mol. The van der Waals surface area contributed by atoms with E-state index in [1.54, 1.807) is 35.9 Å². The van der Waals surface area contributed by atoms with Crippen molar-refractivity contribution in [2.45, 2.75) is 38.8 Å². The Bertz CT molecular complexity index is 1490. The molecule has 37 heavy (non-hydrogen) atoms. The number of hydrogen-bond donors (Lipinski definition) is 2. The molecule has 1 atom stereocenters. The van der Waals surface area contributed by atoms with Gasteiger partial charge in [0, 0.05) is 22.2 Å². The second-order valence-electron chi connectivity index (χ2n) is 9.06. The summed E-state index contributed by atoms with van der Waals surface area (Å²) in [5.74, 6) is 0.932. The largest absolute Gasteiger partial charge is 0.445 e. The predicted molar refractivity (Wildman–Crippen MR) is 139 cm³/mol. The highest BCUT2D eigenvalue weighted by atomic mass is 32.1. The van der Waals surface area contributed by atoms with Gasteiger partial charge in [-0.05, 0) is 49.6 Å². The van der Waals surface area contributed by atoms with Crippen molar-refractivity contribution in [3.05, 3.63) is 106 Å². The van der Waals surface area contributed by atoms with Crippen molar-refractivity contribution in [1.29, 1.82) is 0 Å². The zero-order chi connectivity index (χ0) is 25.8. The summed E-state index contributed by atoms with van der Waals surface area (Å²) in [6.07, 6.45) is 5.71. The van der Waals surface area contributed by atoms with Crippen LogP contribution in [0.4, 0.5) is 0 Å². The molecule has 0 fully saturated rings. The summed E-state index contributed by atoms with van der Waals surface area (Å²) < 4.78 is 11.4. The average Bonchev–Trinajstić information content (AvgIpc) is 3.65. The van der Waals surface area contributed by atoms with Gasteiger partial charge in [-0.3, -0.25) is 4.79 Å². The Morgan fingerprint density at radius 1 is 1.11 bits per heavy atom. The van der Waals surface area contributed by atoms with E-state index in [1.807, 2.05) is 50.2 Å². The molecule has 3 N–H and O–H groups in total. The molecular weight excluding hydrogens is 488 g/mol. The molecule has 0 saturated carbocycles. The molecule has 2 aromatic carbocycles. The molecule has 0 aliphatic carbocycles. The van der Waals surface area contributed by atoms with Crippen LogP contribution in [-0.2, 0) is 24.9 Å². The van der Waals surface area contributed by atoms with Gasteiger partial charge in [0.25, 0.3) is 5.91 Å². The predicted octanol–water partition coefficient (Wildman–Crippen LogP) is 4.43. The highest BCUT2D eigenvalue weighted by Crippen LogP contribution is 2.25. The molecule has 1 unspecified atom stereocenters. The Morgan fingerprint density at radius 3 is 2.68 bits per heavy atom. The van der Waals surface area contributed by atoms with Crippen LogP contribution in [0.2, 0.25) is 0 Å². The number of rotatable bonds is 9. The lowest BCUT2D eigenvalue weighted by atomic mass is 9.94. The first-order chi connectivity index (χ1) is 17.9. The van der Waals surface area contributed by atoms with Gasteiger partial charge in [0.05, 0.1) is 24.7 Å². The molecule has 1 amide bonds. The Kier molecular flexibility index (Phi) is 6.93. The Hall–Kier alpha value is -4.15. The monoisotopic (exact) mass is 514 g/mol. The van der Waals surface area contributed by atoms with Gasteiger partial charge >= 0.3 is 0 Å². The summed E-state index contributed by atoms with van der Waals surface area (Å²) in [5, 5.41) is 12.2. The minimum atomic E-state index is -0.828. The van der Waals surface area contributed by atoms with Crippen molar-refractivity contribution in [2.75, 3.05) is 0 Å². The van der Waals surface area contributed by atoms with Gasteiger partial charge in [0.2, 0.25) is 17.7 Å². The zero-order valence-corrected chi connectivity index (χ0v) is 21.3. The molecule has 0 saturated heterocycles. The van der Waals surface area contributed by atoms with Crippen molar-refractivity contribution in [2.24, 2.45) is 5.73 Å². The normalized spacial score (nSPS) is 12.8. The minimum absolute atomic E-state index is 0.230. The third-order valence-corrected chi connectivity index (χ3v) is 6.64. The molecule has 5 aromatic rings. The third kappa shape index (κ3) is 5.99. The maximum absolute atomic E-state index is 13.0. The molecule has 10 heteroatoms. The standard InChI is InChI=1S/C27H26N6O3S/c1-17-15-30-23(37-17)16-31-24(34)20-10-19(11-21(13-20)25-29-8-9-35-25)12-22-32-33-26(36-22)27(2,28)14-18-6-4-3-5-7-18/h3-11,13,15H,12,14,16,28H2,1-2H3,(H,31,34). The van der Waals surface area contributed by atoms with Crippen molar-refractivity contribution < 1.29 is 13.6 Å². The fourth-order valence-corrected chi connectivity index (χ4v) is 4.71. The van der Waals surface area contributed by atoms with E-state index in [9.17, 15) is 4.79 Å². The SMILES string of the molecule is Cc1cnc(CNC(=O)c2cc(Cc3nnc(C(C)(N)Cc4ccccc4)o3)cc(-c3ncco3)c2)s1. The van der Waals surface area contributed by atoms with Gasteiger partial charge in [-0.1, -0.05) is 30.3 Å². The Morgan fingerprint density at radius 2 is 1.95 bits per heavy atom. The molecule has 5 rings (SSSR count). The summed E-state index contributed by atoms with van der Waals surface area (Å²) in [5.41, 5.74) is 8.72. The number of nitrogens with zero attached hydrogens (tertiary/aromatic N) is 4. The lowest BCUT2D eigenvalue weighted by molar-refractivity contribution is 0.0950. The lowest BCUT2D eigenvalue weighted by Gasteiger charge is -2.20. The number of thiazole rings is 1. The summed E-state index contributed by atoms with van der Waals surface area (Å²) in [4.78, 5) is 22.6.